The Morgan fingerprint density at radius 2 is 1.94 bits per heavy atom. The Morgan fingerprint density at radius 3 is 2.56 bits per heavy atom. The topological polar surface area (TPSA) is 50.9 Å². The molecule has 0 saturated carbocycles. The molecule has 16 heavy (non-hydrogen) atoms. The van der Waals surface area contributed by atoms with E-state index in [-0.39, 0.29) is 6.04 Å². The number of nitrogens with one attached hydrogen (secondary N) is 1. The predicted molar refractivity (Wildman–Crippen MR) is 64.4 cm³/mol. The van der Waals surface area contributed by atoms with Crippen molar-refractivity contribution in [2.24, 2.45) is 5.84 Å². The fourth-order valence-corrected chi connectivity index (χ4v) is 1.71. The number of pyridine rings is 1. The van der Waals surface area contributed by atoms with Crippen molar-refractivity contribution in [2.75, 3.05) is 0 Å². The van der Waals surface area contributed by atoms with Crippen molar-refractivity contribution in [2.45, 2.75) is 12.5 Å². The molecule has 0 spiro atoms. The second kappa shape index (κ2) is 5.39. The molecule has 0 saturated heterocycles. The normalized spacial score (nSPS) is 12.3. The van der Waals surface area contributed by atoms with Gasteiger partial charge < -0.3 is 0 Å². The van der Waals surface area contributed by atoms with E-state index >= 15 is 0 Å². The summed E-state index contributed by atoms with van der Waals surface area (Å²) < 4.78 is 0. The molecular formula is C13H15N3. The van der Waals surface area contributed by atoms with Gasteiger partial charge in [0.05, 0.1) is 6.04 Å². The zero-order valence-electron chi connectivity index (χ0n) is 9.01. The first-order valence-electron chi connectivity index (χ1n) is 5.30. The molecule has 0 bridgehead atoms. The highest BCUT2D eigenvalue weighted by Crippen LogP contribution is 2.16. The third kappa shape index (κ3) is 2.66. The maximum Gasteiger partial charge on any atom is 0.0500 e. The lowest BCUT2D eigenvalue weighted by Gasteiger charge is -2.15. The Hall–Kier alpha value is -1.71. The number of nitrogens with zero attached hydrogens (tertiary/aromatic N) is 1. The monoisotopic (exact) mass is 213 g/mol. The first kappa shape index (κ1) is 10.8. The van der Waals surface area contributed by atoms with Crippen LogP contribution in [0, 0.1) is 0 Å². The van der Waals surface area contributed by atoms with Crippen LogP contribution in [0.2, 0.25) is 0 Å². The summed E-state index contributed by atoms with van der Waals surface area (Å²) in [7, 11) is 0. The van der Waals surface area contributed by atoms with E-state index < -0.39 is 0 Å². The fraction of sp³-hybridized carbons (Fsp3) is 0.154. The Labute approximate surface area is 95.3 Å². The van der Waals surface area contributed by atoms with E-state index in [4.69, 9.17) is 5.84 Å². The van der Waals surface area contributed by atoms with Crippen molar-refractivity contribution in [3.8, 4) is 0 Å². The zero-order valence-corrected chi connectivity index (χ0v) is 9.01. The lowest BCUT2D eigenvalue weighted by molar-refractivity contribution is 0.551. The van der Waals surface area contributed by atoms with E-state index in [1.807, 2.05) is 30.5 Å². The van der Waals surface area contributed by atoms with Gasteiger partial charge in [-0.1, -0.05) is 36.4 Å². The Balaban J connectivity index is 2.13. The Bertz CT molecular complexity index is 414. The molecule has 1 unspecified atom stereocenters. The molecule has 0 amide bonds. The molecule has 1 heterocycles. The molecule has 0 fully saturated rings. The average molecular weight is 213 g/mol. The van der Waals surface area contributed by atoms with Crippen molar-refractivity contribution in [3.05, 3.63) is 66.0 Å². The van der Waals surface area contributed by atoms with Crippen molar-refractivity contribution >= 4 is 0 Å². The van der Waals surface area contributed by atoms with Crippen molar-refractivity contribution in [1.82, 2.24) is 10.4 Å². The maximum atomic E-state index is 5.58. The number of hydrogen-bond donors (Lipinski definition) is 2. The number of hydrogen-bond acceptors (Lipinski definition) is 3. The number of nitrogens with two attached hydrogens (primary N) is 1. The van der Waals surface area contributed by atoms with Crippen LogP contribution in [0.3, 0.4) is 0 Å². The van der Waals surface area contributed by atoms with Gasteiger partial charge in [-0.25, -0.2) is 0 Å². The molecule has 3 heteroatoms. The molecule has 1 atom stereocenters. The van der Waals surface area contributed by atoms with E-state index in [0.717, 1.165) is 6.42 Å². The Morgan fingerprint density at radius 1 is 1.12 bits per heavy atom. The lowest BCUT2D eigenvalue weighted by Crippen LogP contribution is -2.29. The second-order valence-corrected chi connectivity index (χ2v) is 3.70. The molecule has 82 valence electrons. The van der Waals surface area contributed by atoms with Gasteiger partial charge in [0, 0.05) is 12.4 Å². The summed E-state index contributed by atoms with van der Waals surface area (Å²) in [5, 5.41) is 0. The van der Waals surface area contributed by atoms with Crippen LogP contribution in [-0.4, -0.2) is 4.98 Å². The molecule has 1 aromatic carbocycles. The van der Waals surface area contributed by atoms with Gasteiger partial charge in [0.2, 0.25) is 0 Å². The van der Waals surface area contributed by atoms with Gasteiger partial charge in [0.25, 0.3) is 0 Å². The van der Waals surface area contributed by atoms with Crippen molar-refractivity contribution < 1.29 is 0 Å². The van der Waals surface area contributed by atoms with Gasteiger partial charge in [-0.05, 0) is 23.6 Å². The highest BCUT2D eigenvalue weighted by molar-refractivity contribution is 5.22. The average Bonchev–Trinajstić information content (AvgIpc) is 2.38. The van der Waals surface area contributed by atoms with Crippen LogP contribution >= 0.6 is 0 Å². The van der Waals surface area contributed by atoms with E-state index in [2.05, 4.69) is 28.6 Å². The van der Waals surface area contributed by atoms with Crippen LogP contribution in [0.5, 0.6) is 0 Å². The molecule has 1 aromatic heterocycles. The van der Waals surface area contributed by atoms with E-state index in [1.54, 1.807) is 6.20 Å². The second-order valence-electron chi connectivity index (χ2n) is 3.70. The fourth-order valence-electron chi connectivity index (χ4n) is 1.71. The van der Waals surface area contributed by atoms with Crippen LogP contribution in [0.4, 0.5) is 0 Å². The quantitative estimate of drug-likeness (QED) is 0.601. The SMILES string of the molecule is NNC(Cc1cccnc1)c1ccccc1. The number of aromatic nitrogens is 1. The zero-order chi connectivity index (χ0) is 11.2. The molecule has 0 aliphatic carbocycles. The van der Waals surface area contributed by atoms with Crippen LogP contribution in [-0.2, 0) is 6.42 Å². The summed E-state index contributed by atoms with van der Waals surface area (Å²) in [6.07, 6.45) is 4.48. The molecule has 3 N–H and O–H groups in total. The number of rotatable bonds is 4. The minimum Gasteiger partial charge on any atom is -0.271 e. The standard InChI is InChI=1S/C13H15N3/c14-16-13(12-6-2-1-3-7-12)9-11-5-4-8-15-10-11/h1-8,10,13,16H,9,14H2. The minimum atomic E-state index is 0.130. The van der Waals surface area contributed by atoms with Crippen LogP contribution in [0.25, 0.3) is 0 Å². The van der Waals surface area contributed by atoms with Crippen LogP contribution < -0.4 is 11.3 Å². The first-order valence-corrected chi connectivity index (χ1v) is 5.30. The number of benzene rings is 1. The minimum absolute atomic E-state index is 0.130. The van der Waals surface area contributed by atoms with Crippen LogP contribution in [0.1, 0.15) is 17.2 Å². The molecule has 0 aliphatic heterocycles. The van der Waals surface area contributed by atoms with Crippen LogP contribution in [0.15, 0.2) is 54.9 Å². The molecule has 3 nitrogen and oxygen atoms in total. The molecule has 2 aromatic rings. The van der Waals surface area contributed by atoms with Crippen molar-refractivity contribution in [1.29, 1.82) is 0 Å². The van der Waals surface area contributed by atoms with Gasteiger partial charge in [-0.15, -0.1) is 0 Å². The maximum absolute atomic E-state index is 5.58. The lowest BCUT2D eigenvalue weighted by atomic mass is 10.0. The summed E-state index contributed by atoms with van der Waals surface area (Å²) in [6.45, 7) is 0. The summed E-state index contributed by atoms with van der Waals surface area (Å²) in [5.74, 6) is 5.58. The van der Waals surface area contributed by atoms with Gasteiger partial charge in [-0.3, -0.25) is 16.3 Å². The first-order chi connectivity index (χ1) is 7.90. The summed E-state index contributed by atoms with van der Waals surface area (Å²) in [5.41, 5.74) is 5.20. The van der Waals surface area contributed by atoms with Gasteiger partial charge in [0.1, 0.15) is 0 Å². The molecule has 0 radical (unpaired) electrons. The van der Waals surface area contributed by atoms with Gasteiger partial charge >= 0.3 is 0 Å². The van der Waals surface area contributed by atoms with E-state index in [0.29, 0.717) is 0 Å². The largest absolute Gasteiger partial charge is 0.271 e. The highest BCUT2D eigenvalue weighted by Gasteiger charge is 2.09. The Kier molecular flexibility index (Phi) is 3.64. The third-order valence-corrected chi connectivity index (χ3v) is 2.57. The summed E-state index contributed by atoms with van der Waals surface area (Å²) in [6, 6.07) is 14.3. The number of hydrazine groups is 1. The van der Waals surface area contributed by atoms with E-state index in [9.17, 15) is 0 Å². The van der Waals surface area contributed by atoms with Gasteiger partial charge in [0.15, 0.2) is 0 Å². The summed E-state index contributed by atoms with van der Waals surface area (Å²) >= 11 is 0. The van der Waals surface area contributed by atoms with Gasteiger partial charge in [-0.2, -0.15) is 0 Å². The van der Waals surface area contributed by atoms with Crippen molar-refractivity contribution in [3.63, 3.8) is 0 Å². The van der Waals surface area contributed by atoms with E-state index in [1.165, 1.54) is 11.1 Å². The highest BCUT2D eigenvalue weighted by atomic mass is 15.2. The summed E-state index contributed by atoms with van der Waals surface area (Å²) in [4.78, 5) is 4.10. The molecule has 2 rings (SSSR count). The predicted octanol–water partition coefficient (Wildman–Crippen LogP) is 1.83. The molecular weight excluding hydrogens is 198 g/mol. The smallest absolute Gasteiger partial charge is 0.0500 e. The third-order valence-electron chi connectivity index (χ3n) is 2.57. The molecule has 0 aliphatic rings.